The van der Waals surface area contributed by atoms with Crippen LogP contribution < -0.4 is 0 Å². The molecule has 0 bridgehead atoms. The Morgan fingerprint density at radius 3 is 2.83 bits per heavy atom. The Hall–Kier alpha value is -2.10. The van der Waals surface area contributed by atoms with Gasteiger partial charge < -0.3 is 9.63 Å². The second kappa shape index (κ2) is 5.04. The Kier molecular flexibility index (Phi) is 3.46. The van der Waals surface area contributed by atoms with Crippen molar-refractivity contribution in [2.24, 2.45) is 0 Å². The predicted octanol–water partition coefficient (Wildman–Crippen LogP) is 3.30. The summed E-state index contributed by atoms with van der Waals surface area (Å²) in [7, 11) is 0. The Balaban J connectivity index is 2.54. The van der Waals surface area contributed by atoms with Crippen molar-refractivity contribution in [1.29, 1.82) is 0 Å². The number of nitrogens with zero attached hydrogens (tertiary/aromatic N) is 1. The van der Waals surface area contributed by atoms with E-state index in [-0.39, 0.29) is 5.56 Å². The highest BCUT2D eigenvalue weighted by Crippen LogP contribution is 2.26. The Labute approximate surface area is 105 Å². The lowest BCUT2D eigenvalue weighted by Gasteiger charge is -2.00. The Bertz CT molecular complexity index is 572. The molecule has 94 valence electrons. The number of rotatable bonds is 4. The van der Waals surface area contributed by atoms with Crippen LogP contribution in [0.4, 0.5) is 0 Å². The van der Waals surface area contributed by atoms with E-state index < -0.39 is 5.97 Å². The lowest BCUT2D eigenvalue weighted by atomic mass is 10.0. The maximum Gasteiger partial charge on any atom is 0.341 e. The zero-order valence-electron chi connectivity index (χ0n) is 10.4. The van der Waals surface area contributed by atoms with Crippen molar-refractivity contribution in [2.75, 3.05) is 0 Å². The number of aromatic carboxylic acids is 1. The minimum atomic E-state index is -0.990. The summed E-state index contributed by atoms with van der Waals surface area (Å²) in [5, 5.41) is 13.2. The molecule has 0 fully saturated rings. The molecule has 1 aromatic carbocycles. The monoisotopic (exact) mass is 245 g/mol. The van der Waals surface area contributed by atoms with Gasteiger partial charge in [0.15, 0.2) is 5.76 Å². The molecule has 2 rings (SSSR count). The van der Waals surface area contributed by atoms with Crippen LogP contribution >= 0.6 is 0 Å². The highest BCUT2D eigenvalue weighted by Gasteiger charge is 2.22. The smallest absolute Gasteiger partial charge is 0.341 e. The van der Waals surface area contributed by atoms with Gasteiger partial charge in [-0.1, -0.05) is 35.8 Å². The lowest BCUT2D eigenvalue weighted by Crippen LogP contribution is -2.01. The summed E-state index contributed by atoms with van der Waals surface area (Å²) >= 11 is 0. The molecule has 18 heavy (non-hydrogen) atoms. The van der Waals surface area contributed by atoms with Gasteiger partial charge in [0.2, 0.25) is 0 Å². The van der Waals surface area contributed by atoms with Gasteiger partial charge in [0, 0.05) is 12.0 Å². The number of aryl methyl sites for hydroxylation is 2. The first-order valence-electron chi connectivity index (χ1n) is 5.92. The van der Waals surface area contributed by atoms with Crippen LogP contribution in [0, 0.1) is 6.92 Å². The number of carbonyl (C=O) groups is 1. The van der Waals surface area contributed by atoms with E-state index in [1.165, 1.54) is 0 Å². The van der Waals surface area contributed by atoms with E-state index in [2.05, 4.69) is 5.16 Å². The van der Waals surface area contributed by atoms with Gasteiger partial charge in [-0.2, -0.15) is 0 Å². The van der Waals surface area contributed by atoms with Gasteiger partial charge in [0.25, 0.3) is 0 Å². The predicted molar refractivity (Wildman–Crippen MR) is 67.6 cm³/mol. The quantitative estimate of drug-likeness (QED) is 0.897. The number of benzene rings is 1. The topological polar surface area (TPSA) is 63.3 Å². The van der Waals surface area contributed by atoms with Gasteiger partial charge >= 0.3 is 5.97 Å². The molecule has 0 saturated heterocycles. The molecule has 2 aromatic rings. The average Bonchev–Trinajstić information content (AvgIpc) is 2.73. The van der Waals surface area contributed by atoms with Crippen molar-refractivity contribution < 1.29 is 14.4 Å². The zero-order valence-corrected chi connectivity index (χ0v) is 10.4. The van der Waals surface area contributed by atoms with Crippen molar-refractivity contribution >= 4 is 5.97 Å². The molecule has 0 aliphatic heterocycles. The number of carboxylic acid groups (broad SMARTS) is 1. The summed E-state index contributed by atoms with van der Waals surface area (Å²) < 4.78 is 5.16. The van der Waals surface area contributed by atoms with E-state index >= 15 is 0 Å². The van der Waals surface area contributed by atoms with Crippen LogP contribution in [-0.4, -0.2) is 16.2 Å². The lowest BCUT2D eigenvalue weighted by molar-refractivity contribution is 0.0695. The summed E-state index contributed by atoms with van der Waals surface area (Å²) in [4.78, 5) is 11.3. The highest BCUT2D eigenvalue weighted by atomic mass is 16.5. The number of hydrogen-bond acceptors (Lipinski definition) is 3. The van der Waals surface area contributed by atoms with E-state index in [1.54, 1.807) is 0 Å². The van der Waals surface area contributed by atoms with E-state index in [0.29, 0.717) is 17.9 Å². The first kappa shape index (κ1) is 12.4. The number of hydrogen-bond donors (Lipinski definition) is 1. The molecule has 1 heterocycles. The second-order valence-electron chi connectivity index (χ2n) is 4.25. The summed E-state index contributed by atoms with van der Waals surface area (Å²) in [6.07, 6.45) is 1.41. The molecule has 0 aliphatic rings. The first-order valence-corrected chi connectivity index (χ1v) is 5.92. The largest absolute Gasteiger partial charge is 0.477 e. The molecule has 4 nitrogen and oxygen atoms in total. The fraction of sp³-hybridized carbons (Fsp3) is 0.286. The molecule has 0 saturated carbocycles. The standard InChI is InChI=1S/C14H15NO3/c1-3-5-11-12(14(16)17)13(15-18-11)10-7-4-6-9(2)8-10/h4,6-8H,3,5H2,1-2H3,(H,16,17). The molecule has 0 unspecified atom stereocenters. The highest BCUT2D eigenvalue weighted by molar-refractivity contribution is 5.95. The molecular weight excluding hydrogens is 230 g/mol. The third kappa shape index (κ3) is 2.27. The fourth-order valence-electron chi connectivity index (χ4n) is 1.93. The van der Waals surface area contributed by atoms with Crippen molar-refractivity contribution in [3.05, 3.63) is 41.2 Å². The molecule has 0 aliphatic carbocycles. The minimum Gasteiger partial charge on any atom is -0.477 e. The Morgan fingerprint density at radius 1 is 1.44 bits per heavy atom. The first-order chi connectivity index (χ1) is 8.63. The van der Waals surface area contributed by atoms with Crippen LogP contribution in [0.2, 0.25) is 0 Å². The van der Waals surface area contributed by atoms with Crippen LogP contribution in [0.3, 0.4) is 0 Å². The van der Waals surface area contributed by atoms with E-state index in [0.717, 1.165) is 17.5 Å². The molecule has 1 N–H and O–H groups in total. The molecular formula is C14H15NO3. The van der Waals surface area contributed by atoms with Crippen LogP contribution in [0.15, 0.2) is 28.8 Å². The van der Waals surface area contributed by atoms with Gasteiger partial charge in [0.05, 0.1) is 0 Å². The van der Waals surface area contributed by atoms with Crippen LogP contribution in [0.1, 0.15) is 35.0 Å². The zero-order chi connectivity index (χ0) is 13.1. The van der Waals surface area contributed by atoms with Crippen molar-refractivity contribution in [1.82, 2.24) is 5.16 Å². The summed E-state index contributed by atoms with van der Waals surface area (Å²) in [5.41, 5.74) is 2.43. The maximum atomic E-state index is 11.3. The maximum absolute atomic E-state index is 11.3. The molecule has 0 atom stereocenters. The van der Waals surface area contributed by atoms with Crippen molar-refractivity contribution in [3.63, 3.8) is 0 Å². The average molecular weight is 245 g/mol. The number of carboxylic acids is 1. The van der Waals surface area contributed by atoms with Crippen molar-refractivity contribution in [2.45, 2.75) is 26.7 Å². The van der Waals surface area contributed by atoms with Crippen molar-refractivity contribution in [3.8, 4) is 11.3 Å². The molecule has 0 radical (unpaired) electrons. The van der Waals surface area contributed by atoms with Crippen LogP contribution in [-0.2, 0) is 6.42 Å². The second-order valence-corrected chi connectivity index (χ2v) is 4.25. The minimum absolute atomic E-state index is 0.183. The third-order valence-corrected chi connectivity index (χ3v) is 2.75. The SMILES string of the molecule is CCCc1onc(-c2cccc(C)c2)c1C(=O)O. The Morgan fingerprint density at radius 2 is 2.22 bits per heavy atom. The fourth-order valence-corrected chi connectivity index (χ4v) is 1.93. The van der Waals surface area contributed by atoms with Crippen LogP contribution in [0.5, 0.6) is 0 Å². The normalized spacial score (nSPS) is 10.6. The molecule has 1 aromatic heterocycles. The summed E-state index contributed by atoms with van der Waals surface area (Å²) in [6, 6.07) is 7.58. The molecule has 0 spiro atoms. The van der Waals surface area contributed by atoms with E-state index in [4.69, 9.17) is 4.52 Å². The van der Waals surface area contributed by atoms with Gasteiger partial charge in [-0.15, -0.1) is 0 Å². The summed E-state index contributed by atoms with van der Waals surface area (Å²) in [6.45, 7) is 3.93. The molecule has 4 heteroatoms. The number of aromatic nitrogens is 1. The van der Waals surface area contributed by atoms with Gasteiger partial charge in [-0.3, -0.25) is 0 Å². The summed E-state index contributed by atoms with van der Waals surface area (Å²) in [5.74, 6) is -0.544. The van der Waals surface area contributed by atoms with Gasteiger partial charge in [0.1, 0.15) is 11.3 Å². The van der Waals surface area contributed by atoms with E-state index in [1.807, 2.05) is 38.1 Å². The van der Waals surface area contributed by atoms with E-state index in [9.17, 15) is 9.90 Å². The van der Waals surface area contributed by atoms with Gasteiger partial charge in [-0.05, 0) is 19.4 Å². The molecule has 0 amide bonds. The third-order valence-electron chi connectivity index (χ3n) is 2.75. The van der Waals surface area contributed by atoms with Crippen LogP contribution in [0.25, 0.3) is 11.3 Å². The van der Waals surface area contributed by atoms with Gasteiger partial charge in [-0.25, -0.2) is 4.79 Å².